The van der Waals surface area contributed by atoms with Gasteiger partial charge in [-0.15, -0.1) is 0 Å². The van der Waals surface area contributed by atoms with Crippen molar-refractivity contribution >= 4 is 34.4 Å². The predicted molar refractivity (Wildman–Crippen MR) is 151 cm³/mol. The van der Waals surface area contributed by atoms with Gasteiger partial charge in [-0.1, -0.05) is 36.4 Å². The van der Waals surface area contributed by atoms with E-state index in [9.17, 15) is 14.7 Å². The van der Waals surface area contributed by atoms with Crippen LogP contribution in [0.5, 0.6) is 0 Å². The van der Waals surface area contributed by atoms with Crippen molar-refractivity contribution in [2.24, 2.45) is 24.1 Å². The minimum absolute atomic E-state index is 0.118. The number of benzene rings is 2. The van der Waals surface area contributed by atoms with Crippen molar-refractivity contribution < 1.29 is 14.7 Å². The number of aliphatic hydroxyl groups is 1. The zero-order valence-electron chi connectivity index (χ0n) is 23.0. The van der Waals surface area contributed by atoms with Gasteiger partial charge < -0.3 is 23.4 Å². The second-order valence-electron chi connectivity index (χ2n) is 9.48. The molecule has 0 fully saturated rings. The minimum atomic E-state index is -0.350. The normalized spacial score (nSPS) is 12.9. The Labute approximate surface area is 230 Å². The van der Waals surface area contributed by atoms with Crippen LogP contribution in [0.3, 0.4) is 0 Å². The highest BCUT2D eigenvalue weighted by Gasteiger charge is 2.15. The number of carbonyl (C=O) groups excluding carboxylic acids is 2. The highest BCUT2D eigenvalue weighted by Crippen LogP contribution is 2.18. The third-order valence-electron chi connectivity index (χ3n) is 7.04. The van der Waals surface area contributed by atoms with Gasteiger partial charge in [-0.3, -0.25) is 14.3 Å². The largest absolute Gasteiger partial charge is 0.392 e. The molecular formula is C29H32N8O3. The van der Waals surface area contributed by atoms with Gasteiger partial charge in [0.05, 0.1) is 34.4 Å². The van der Waals surface area contributed by atoms with Crippen molar-refractivity contribution in [2.75, 3.05) is 0 Å². The lowest BCUT2D eigenvalue weighted by molar-refractivity contribution is -0.107. The summed E-state index contributed by atoms with van der Waals surface area (Å²) in [5.74, 6) is -0.350. The molecule has 0 saturated heterocycles. The second kappa shape index (κ2) is 11.1. The van der Waals surface area contributed by atoms with Crippen LogP contribution in [0.15, 0.2) is 70.7 Å². The fraction of sp³-hybridized carbons (Fsp3) is 0.276. The van der Waals surface area contributed by atoms with E-state index in [1.807, 2.05) is 101 Å². The summed E-state index contributed by atoms with van der Waals surface area (Å²) in [6, 6.07) is 15.3. The quantitative estimate of drug-likeness (QED) is 0.240. The van der Waals surface area contributed by atoms with Crippen LogP contribution in [-0.2, 0) is 45.1 Å². The van der Waals surface area contributed by atoms with Crippen molar-refractivity contribution in [3.63, 3.8) is 0 Å². The van der Waals surface area contributed by atoms with Crippen LogP contribution in [0.4, 0.5) is 0 Å². The molecule has 206 valence electrons. The van der Waals surface area contributed by atoms with Gasteiger partial charge in [0, 0.05) is 39.3 Å². The molecule has 3 heterocycles. The highest BCUT2D eigenvalue weighted by atomic mass is 16.3. The van der Waals surface area contributed by atoms with Gasteiger partial charge >= 0.3 is 0 Å². The van der Waals surface area contributed by atoms with Crippen molar-refractivity contribution in [3.05, 3.63) is 88.9 Å². The molecule has 0 atom stereocenters. The van der Waals surface area contributed by atoms with Crippen LogP contribution in [0.1, 0.15) is 28.7 Å². The molecule has 0 saturated carbocycles. The molecule has 2 amide bonds. The predicted octanol–water partition coefficient (Wildman–Crippen LogP) is 2.34. The van der Waals surface area contributed by atoms with Crippen LogP contribution >= 0.6 is 0 Å². The monoisotopic (exact) mass is 540 g/mol. The van der Waals surface area contributed by atoms with E-state index in [1.54, 1.807) is 10.7 Å². The molecule has 1 N–H and O–H groups in total. The maximum atomic E-state index is 13.2. The first-order chi connectivity index (χ1) is 19.4. The Balaban J connectivity index is 1.54. The lowest BCUT2D eigenvalue weighted by Gasteiger charge is -2.04. The number of hydrogen-bond donors (Lipinski definition) is 1. The van der Waals surface area contributed by atoms with E-state index in [1.165, 1.54) is 0 Å². The fourth-order valence-corrected chi connectivity index (χ4v) is 5.24. The summed E-state index contributed by atoms with van der Waals surface area (Å²) in [4.78, 5) is 33.1. The molecule has 11 nitrogen and oxygen atoms in total. The summed E-state index contributed by atoms with van der Waals surface area (Å²) in [6.45, 7) is 5.17. The van der Waals surface area contributed by atoms with Crippen LogP contribution in [0, 0.1) is 6.92 Å². The zero-order chi connectivity index (χ0) is 28.4. The standard InChI is InChI=1S/C29H32N8O3/c1-5-37-25(17-20(2)32-37)27(40)31-29-33(3)22-12-6-7-13-23(22)35(29)15-8-9-16-36-24-14-10-11-21(18-38)26(24)34(4)28(36)30-19-39/h6-14,17,19,38H,5,15-16,18H2,1-4H3/b9-8+,30-28+,31-29+. The smallest absolute Gasteiger partial charge is 0.298 e. The number of imidazole rings is 2. The van der Waals surface area contributed by atoms with E-state index in [0.717, 1.165) is 33.3 Å². The zero-order valence-corrected chi connectivity index (χ0v) is 23.0. The summed E-state index contributed by atoms with van der Waals surface area (Å²) >= 11 is 0. The van der Waals surface area contributed by atoms with Gasteiger partial charge in [-0.25, -0.2) is 0 Å². The average Bonchev–Trinajstić information content (AvgIpc) is 3.57. The maximum absolute atomic E-state index is 13.2. The number of aryl methyl sites for hydroxylation is 4. The Kier molecular flexibility index (Phi) is 7.47. The lowest BCUT2D eigenvalue weighted by Crippen LogP contribution is -2.26. The number of aliphatic hydroxyl groups excluding tert-OH is 1. The van der Waals surface area contributed by atoms with E-state index in [2.05, 4.69) is 15.1 Å². The molecule has 0 aliphatic carbocycles. The summed E-state index contributed by atoms with van der Waals surface area (Å²) in [5.41, 5.74) is 6.58. The molecule has 5 rings (SSSR count). The molecular weight excluding hydrogens is 508 g/mol. The molecule has 0 aliphatic heterocycles. The summed E-state index contributed by atoms with van der Waals surface area (Å²) in [5, 5.41) is 14.2. The van der Waals surface area contributed by atoms with Gasteiger partial charge in [-0.05, 0) is 38.1 Å². The average molecular weight is 541 g/mol. The SMILES string of the molecule is CCn1nc(C)cc1C(=O)/N=c1\n(C)c2ccccc2n1C/C=C/Cn1/c(=N/C=O)n(C)c2c(CO)cccc21. The number of hydrogen-bond acceptors (Lipinski definition) is 4. The topological polar surface area (TPSA) is 117 Å². The molecule has 2 aromatic carbocycles. The first-order valence-corrected chi connectivity index (χ1v) is 13.1. The van der Waals surface area contributed by atoms with E-state index < -0.39 is 0 Å². The molecule has 0 unspecified atom stereocenters. The van der Waals surface area contributed by atoms with Gasteiger partial charge in [0.2, 0.25) is 17.6 Å². The summed E-state index contributed by atoms with van der Waals surface area (Å²) in [6.07, 6.45) is 4.52. The number of amides is 2. The van der Waals surface area contributed by atoms with Gasteiger partial charge in [0.25, 0.3) is 5.91 Å². The van der Waals surface area contributed by atoms with Crippen molar-refractivity contribution in [1.29, 1.82) is 0 Å². The fourth-order valence-electron chi connectivity index (χ4n) is 5.24. The van der Waals surface area contributed by atoms with Crippen molar-refractivity contribution in [2.45, 2.75) is 40.1 Å². The molecule has 0 aliphatic rings. The molecule has 0 radical (unpaired) electrons. The second-order valence-corrected chi connectivity index (χ2v) is 9.48. The summed E-state index contributed by atoms with van der Waals surface area (Å²) in [7, 11) is 3.72. The Hall–Kier alpha value is -4.77. The third-order valence-corrected chi connectivity index (χ3v) is 7.04. The van der Waals surface area contributed by atoms with Crippen LogP contribution < -0.4 is 11.2 Å². The highest BCUT2D eigenvalue weighted by molar-refractivity contribution is 5.93. The molecule has 40 heavy (non-hydrogen) atoms. The number of fused-ring (bicyclic) bond motifs is 2. The van der Waals surface area contributed by atoms with Gasteiger partial charge in [-0.2, -0.15) is 15.1 Å². The number of carbonyl (C=O) groups is 2. The molecule has 3 aromatic heterocycles. The lowest BCUT2D eigenvalue weighted by atomic mass is 10.2. The Morgan fingerprint density at radius 1 is 0.950 bits per heavy atom. The van der Waals surface area contributed by atoms with Crippen LogP contribution in [0.2, 0.25) is 0 Å². The van der Waals surface area contributed by atoms with E-state index in [-0.39, 0.29) is 12.5 Å². The molecule has 0 bridgehead atoms. The summed E-state index contributed by atoms with van der Waals surface area (Å²) < 4.78 is 9.32. The number of allylic oxidation sites excluding steroid dienone is 2. The molecule has 0 spiro atoms. The minimum Gasteiger partial charge on any atom is -0.392 e. The van der Waals surface area contributed by atoms with E-state index in [0.29, 0.717) is 43.0 Å². The Morgan fingerprint density at radius 3 is 2.30 bits per heavy atom. The number of nitrogens with zero attached hydrogens (tertiary/aromatic N) is 8. The van der Waals surface area contributed by atoms with Crippen LogP contribution in [-0.4, -0.2) is 45.5 Å². The number of para-hydroxylation sites is 3. The molecule has 11 heteroatoms. The number of rotatable bonds is 8. The molecule has 5 aromatic rings. The van der Waals surface area contributed by atoms with Crippen molar-refractivity contribution in [1.82, 2.24) is 28.0 Å². The Bertz CT molecular complexity index is 1910. The van der Waals surface area contributed by atoms with Gasteiger partial charge in [0.1, 0.15) is 5.69 Å². The maximum Gasteiger partial charge on any atom is 0.298 e. The van der Waals surface area contributed by atoms with Gasteiger partial charge in [0.15, 0.2) is 0 Å². The van der Waals surface area contributed by atoms with Crippen molar-refractivity contribution in [3.8, 4) is 0 Å². The third kappa shape index (κ3) is 4.64. The first-order valence-electron chi connectivity index (χ1n) is 13.1. The van der Waals surface area contributed by atoms with Crippen LogP contribution in [0.25, 0.3) is 22.1 Å². The van der Waals surface area contributed by atoms with E-state index >= 15 is 0 Å². The number of aromatic nitrogens is 6. The first kappa shape index (κ1) is 26.8. The Morgan fingerprint density at radius 2 is 1.62 bits per heavy atom. The van der Waals surface area contributed by atoms with E-state index in [4.69, 9.17) is 0 Å².